The molecule has 0 radical (unpaired) electrons. The Morgan fingerprint density at radius 2 is 2.32 bits per heavy atom. The van der Waals surface area contributed by atoms with E-state index in [1.54, 1.807) is 17.0 Å². The quantitative estimate of drug-likeness (QED) is 0.803. The van der Waals surface area contributed by atoms with E-state index < -0.39 is 0 Å². The van der Waals surface area contributed by atoms with Crippen molar-refractivity contribution in [1.29, 1.82) is 0 Å². The van der Waals surface area contributed by atoms with Crippen molar-refractivity contribution in [3.05, 3.63) is 28.0 Å². The molecule has 4 nitrogen and oxygen atoms in total. The van der Waals surface area contributed by atoms with Gasteiger partial charge < -0.3 is 9.64 Å². The van der Waals surface area contributed by atoms with Crippen LogP contribution in [0.2, 0.25) is 10.2 Å². The monoisotopic (exact) mass is 302 g/mol. The van der Waals surface area contributed by atoms with E-state index in [0.717, 1.165) is 13.0 Å². The van der Waals surface area contributed by atoms with Gasteiger partial charge in [0, 0.05) is 25.6 Å². The first-order valence-electron chi connectivity index (χ1n) is 6.31. The van der Waals surface area contributed by atoms with Gasteiger partial charge in [-0.05, 0) is 25.5 Å². The third kappa shape index (κ3) is 3.59. The molecule has 0 bridgehead atoms. The third-order valence-electron chi connectivity index (χ3n) is 3.19. The zero-order chi connectivity index (χ0) is 13.8. The fourth-order valence-corrected chi connectivity index (χ4v) is 2.45. The van der Waals surface area contributed by atoms with E-state index in [9.17, 15) is 4.79 Å². The summed E-state index contributed by atoms with van der Waals surface area (Å²) in [6.45, 7) is 4.69. The predicted octanol–water partition coefficient (Wildman–Crippen LogP) is 2.89. The van der Waals surface area contributed by atoms with Crippen molar-refractivity contribution in [3.63, 3.8) is 0 Å². The third-order valence-corrected chi connectivity index (χ3v) is 3.70. The number of rotatable bonds is 4. The molecule has 1 amide bonds. The highest BCUT2D eigenvalue weighted by Gasteiger charge is 2.24. The molecule has 1 saturated heterocycles. The van der Waals surface area contributed by atoms with Crippen LogP contribution < -0.4 is 0 Å². The summed E-state index contributed by atoms with van der Waals surface area (Å²) in [5.74, 6) is 0.212. The Morgan fingerprint density at radius 1 is 1.53 bits per heavy atom. The molecule has 6 heteroatoms. The number of nitrogens with zero attached hydrogens (tertiary/aromatic N) is 2. The van der Waals surface area contributed by atoms with Crippen molar-refractivity contribution in [3.8, 4) is 0 Å². The fraction of sp³-hybridized carbons (Fsp3) is 0.538. The van der Waals surface area contributed by atoms with Crippen LogP contribution in [-0.2, 0) is 4.74 Å². The second-order valence-electron chi connectivity index (χ2n) is 4.54. The van der Waals surface area contributed by atoms with Gasteiger partial charge in [0.15, 0.2) is 0 Å². The minimum absolute atomic E-state index is 0.179. The lowest BCUT2D eigenvalue weighted by Crippen LogP contribution is -2.36. The topological polar surface area (TPSA) is 42.4 Å². The molecule has 0 N–H and O–H groups in total. The van der Waals surface area contributed by atoms with Gasteiger partial charge in [0.05, 0.1) is 11.6 Å². The Labute approximate surface area is 122 Å². The van der Waals surface area contributed by atoms with Crippen LogP contribution >= 0.6 is 23.2 Å². The van der Waals surface area contributed by atoms with Gasteiger partial charge >= 0.3 is 0 Å². The molecule has 1 aliphatic rings. The number of carbonyl (C=O) groups is 1. The number of hydrogen-bond donors (Lipinski definition) is 0. The minimum atomic E-state index is -0.179. The maximum Gasteiger partial charge on any atom is 0.274 e. The number of aromatic nitrogens is 1. The molecular weight excluding hydrogens is 287 g/mol. The minimum Gasteiger partial charge on any atom is -0.381 e. The largest absolute Gasteiger partial charge is 0.381 e. The molecule has 19 heavy (non-hydrogen) atoms. The number of ether oxygens (including phenoxy) is 1. The average molecular weight is 303 g/mol. The van der Waals surface area contributed by atoms with Crippen LogP contribution in [0.5, 0.6) is 0 Å². The van der Waals surface area contributed by atoms with E-state index in [2.05, 4.69) is 4.98 Å². The molecule has 2 heterocycles. The molecule has 1 aliphatic heterocycles. The van der Waals surface area contributed by atoms with E-state index in [1.165, 1.54) is 0 Å². The second kappa shape index (κ2) is 6.55. The van der Waals surface area contributed by atoms with Gasteiger partial charge in [0.25, 0.3) is 5.91 Å². The smallest absolute Gasteiger partial charge is 0.274 e. The summed E-state index contributed by atoms with van der Waals surface area (Å²) in [5.41, 5.74) is 0.218. The van der Waals surface area contributed by atoms with E-state index >= 15 is 0 Å². The number of halogens is 2. The summed E-state index contributed by atoms with van der Waals surface area (Å²) in [4.78, 5) is 18.2. The van der Waals surface area contributed by atoms with Gasteiger partial charge in [-0.3, -0.25) is 4.79 Å². The lowest BCUT2D eigenvalue weighted by molar-refractivity contribution is 0.0725. The maximum absolute atomic E-state index is 12.4. The second-order valence-corrected chi connectivity index (χ2v) is 5.33. The van der Waals surface area contributed by atoms with Crippen molar-refractivity contribution >= 4 is 29.1 Å². The van der Waals surface area contributed by atoms with Crippen LogP contribution in [0.25, 0.3) is 0 Å². The van der Waals surface area contributed by atoms with E-state index in [4.69, 9.17) is 27.9 Å². The lowest BCUT2D eigenvalue weighted by Gasteiger charge is -2.23. The number of hydrogen-bond acceptors (Lipinski definition) is 3. The summed E-state index contributed by atoms with van der Waals surface area (Å²) in [6, 6.07) is 3.17. The van der Waals surface area contributed by atoms with Gasteiger partial charge in [-0.25, -0.2) is 4.98 Å². The van der Waals surface area contributed by atoms with Crippen molar-refractivity contribution in [2.24, 2.45) is 5.92 Å². The average Bonchev–Trinajstić information content (AvgIpc) is 2.91. The molecule has 1 aromatic rings. The van der Waals surface area contributed by atoms with E-state index in [1.807, 2.05) is 6.92 Å². The molecule has 1 fully saturated rings. The van der Waals surface area contributed by atoms with Crippen LogP contribution in [0.15, 0.2) is 12.1 Å². The zero-order valence-electron chi connectivity index (χ0n) is 10.7. The predicted molar refractivity (Wildman–Crippen MR) is 74.8 cm³/mol. The summed E-state index contributed by atoms with van der Waals surface area (Å²) < 4.78 is 5.33. The van der Waals surface area contributed by atoms with E-state index in [-0.39, 0.29) is 16.8 Å². The van der Waals surface area contributed by atoms with Crippen LogP contribution in [0.4, 0.5) is 0 Å². The van der Waals surface area contributed by atoms with Crippen molar-refractivity contribution in [2.45, 2.75) is 13.3 Å². The molecule has 1 atom stereocenters. The van der Waals surface area contributed by atoms with Gasteiger partial charge in [-0.1, -0.05) is 23.2 Å². The van der Waals surface area contributed by atoms with E-state index in [0.29, 0.717) is 30.6 Å². The molecule has 1 unspecified atom stereocenters. The summed E-state index contributed by atoms with van der Waals surface area (Å²) in [7, 11) is 0. The maximum atomic E-state index is 12.4. The van der Waals surface area contributed by atoms with Crippen molar-refractivity contribution < 1.29 is 9.53 Å². The van der Waals surface area contributed by atoms with Crippen LogP contribution in [-0.4, -0.2) is 42.1 Å². The SMILES string of the molecule is CCN(CC1CCOC1)C(=O)c1nc(Cl)ccc1Cl. The molecule has 0 aromatic carbocycles. The van der Waals surface area contributed by atoms with Gasteiger partial charge in [0.2, 0.25) is 0 Å². The van der Waals surface area contributed by atoms with Gasteiger partial charge in [-0.2, -0.15) is 0 Å². The van der Waals surface area contributed by atoms with Crippen molar-refractivity contribution in [1.82, 2.24) is 9.88 Å². The first-order chi connectivity index (χ1) is 9.11. The first kappa shape index (κ1) is 14.6. The highest BCUT2D eigenvalue weighted by Crippen LogP contribution is 2.20. The zero-order valence-corrected chi connectivity index (χ0v) is 12.2. The van der Waals surface area contributed by atoms with Crippen molar-refractivity contribution in [2.75, 3.05) is 26.3 Å². The molecule has 1 aromatic heterocycles. The molecular formula is C13H16Cl2N2O2. The summed E-state index contributed by atoms with van der Waals surface area (Å²) in [6.07, 6.45) is 0.987. The first-order valence-corrected chi connectivity index (χ1v) is 7.06. The molecule has 104 valence electrons. The van der Waals surface area contributed by atoms with Gasteiger partial charge in [-0.15, -0.1) is 0 Å². The van der Waals surface area contributed by atoms with Gasteiger partial charge in [0.1, 0.15) is 10.8 Å². The molecule has 2 rings (SSSR count). The lowest BCUT2D eigenvalue weighted by atomic mass is 10.1. The molecule has 0 aliphatic carbocycles. The van der Waals surface area contributed by atoms with Crippen LogP contribution in [0, 0.1) is 5.92 Å². The Bertz CT molecular complexity index is 462. The highest BCUT2D eigenvalue weighted by molar-refractivity contribution is 6.34. The molecule has 0 saturated carbocycles. The highest BCUT2D eigenvalue weighted by atomic mass is 35.5. The summed E-state index contributed by atoms with van der Waals surface area (Å²) in [5, 5.41) is 0.600. The Balaban J connectivity index is 2.12. The Hall–Kier alpha value is -0.840. The number of carbonyl (C=O) groups excluding carboxylic acids is 1. The number of amides is 1. The van der Waals surface area contributed by atoms with Crippen LogP contribution in [0.1, 0.15) is 23.8 Å². The standard InChI is InChI=1S/C13H16Cl2N2O2/c1-2-17(7-9-5-6-19-8-9)13(18)12-10(14)3-4-11(15)16-12/h3-4,9H,2,5-8H2,1H3. The molecule has 0 spiro atoms. The number of pyridine rings is 1. The Morgan fingerprint density at radius 3 is 2.95 bits per heavy atom. The van der Waals surface area contributed by atoms with Crippen LogP contribution in [0.3, 0.4) is 0 Å². The summed E-state index contributed by atoms with van der Waals surface area (Å²) >= 11 is 11.8. The Kier molecular flexibility index (Phi) is 5.02. The fourth-order valence-electron chi connectivity index (χ4n) is 2.11. The normalized spacial score (nSPS) is 18.6.